The van der Waals surface area contributed by atoms with Crippen molar-refractivity contribution in [3.8, 4) is 22.3 Å². The zero-order chi connectivity index (χ0) is 27.9. The summed E-state index contributed by atoms with van der Waals surface area (Å²) < 4.78 is 0. The molecule has 0 amide bonds. The predicted octanol–water partition coefficient (Wildman–Crippen LogP) is 9.53. The number of hydrogen-bond acceptors (Lipinski definition) is 0. The molecule has 0 atom stereocenters. The molecular formula is C35H34Cl2SiZr. The van der Waals surface area contributed by atoms with E-state index in [4.69, 9.17) is 17.0 Å². The van der Waals surface area contributed by atoms with Gasteiger partial charge < -0.3 is 0 Å². The van der Waals surface area contributed by atoms with Crippen molar-refractivity contribution in [3.63, 3.8) is 0 Å². The van der Waals surface area contributed by atoms with Crippen molar-refractivity contribution in [1.82, 2.24) is 0 Å². The third-order valence-corrected chi connectivity index (χ3v) is 8.60. The Kier molecular flexibility index (Phi) is 11.0. The van der Waals surface area contributed by atoms with Gasteiger partial charge in [-0.25, -0.2) is 0 Å². The molecule has 1 aliphatic rings. The molecule has 0 aromatic heterocycles. The van der Waals surface area contributed by atoms with Crippen LogP contribution in [0.1, 0.15) is 63.1 Å². The second kappa shape index (κ2) is 14.2. The van der Waals surface area contributed by atoms with E-state index in [0.29, 0.717) is 11.8 Å². The van der Waals surface area contributed by atoms with Gasteiger partial charge >= 0.3 is 37.9 Å². The van der Waals surface area contributed by atoms with Gasteiger partial charge in [0, 0.05) is 0 Å². The summed E-state index contributed by atoms with van der Waals surface area (Å²) >= 11 is -0.826. The van der Waals surface area contributed by atoms with Crippen LogP contribution in [0.15, 0.2) is 91.0 Å². The predicted molar refractivity (Wildman–Crippen MR) is 170 cm³/mol. The van der Waals surface area contributed by atoms with E-state index in [1.165, 1.54) is 60.1 Å². The summed E-state index contributed by atoms with van der Waals surface area (Å²) in [6.45, 7) is 11.4. The van der Waals surface area contributed by atoms with Gasteiger partial charge in [0.15, 0.2) is 0 Å². The second-order valence-electron chi connectivity index (χ2n) is 10.3. The van der Waals surface area contributed by atoms with Crippen molar-refractivity contribution in [2.45, 2.75) is 52.9 Å². The van der Waals surface area contributed by atoms with Crippen LogP contribution < -0.4 is 10.4 Å². The number of halogens is 2. The van der Waals surface area contributed by atoms with Gasteiger partial charge in [-0.15, -0.1) is 40.1 Å². The summed E-state index contributed by atoms with van der Waals surface area (Å²) in [5.74, 6) is 1.09. The number of benzene rings is 4. The minimum Gasteiger partial charge on any atom is -0.184 e. The van der Waals surface area contributed by atoms with Gasteiger partial charge in [0.2, 0.25) is 0 Å². The number of aryl methyl sites for hydroxylation is 1. The van der Waals surface area contributed by atoms with Crippen molar-refractivity contribution < 1.29 is 20.8 Å². The molecule has 0 nitrogen and oxygen atoms in total. The van der Waals surface area contributed by atoms with Crippen molar-refractivity contribution >= 4 is 47.7 Å². The summed E-state index contributed by atoms with van der Waals surface area (Å²) in [5, 5.41) is 5.61. The van der Waals surface area contributed by atoms with Crippen molar-refractivity contribution in [2.24, 2.45) is 0 Å². The molecule has 2 radical (unpaired) electrons. The maximum Gasteiger partial charge on any atom is 0.0920 e. The fourth-order valence-electron chi connectivity index (χ4n) is 5.24. The average Bonchev–Trinajstić information content (AvgIpc) is 3.55. The Labute approximate surface area is 255 Å². The first kappa shape index (κ1) is 30.1. The molecule has 4 heteroatoms. The topological polar surface area (TPSA) is 0 Å². The van der Waals surface area contributed by atoms with Crippen LogP contribution in [-0.2, 0) is 27.3 Å². The number of hydrogen-bond donors (Lipinski definition) is 0. The molecule has 0 aliphatic carbocycles. The molecule has 39 heavy (non-hydrogen) atoms. The Morgan fingerprint density at radius 2 is 1.49 bits per heavy atom. The first-order chi connectivity index (χ1) is 18.9. The van der Waals surface area contributed by atoms with E-state index in [0.717, 1.165) is 15.9 Å². The van der Waals surface area contributed by atoms with Crippen LogP contribution in [0.25, 0.3) is 33.0 Å². The van der Waals surface area contributed by atoms with Crippen LogP contribution in [0.4, 0.5) is 0 Å². The molecule has 0 bridgehead atoms. The minimum atomic E-state index is -0.826. The number of rotatable bonds is 4. The van der Waals surface area contributed by atoms with Crippen LogP contribution in [0.3, 0.4) is 0 Å². The molecule has 5 aromatic carbocycles. The van der Waals surface area contributed by atoms with Gasteiger partial charge in [0.1, 0.15) is 0 Å². The molecule has 0 fully saturated rings. The molecule has 0 spiro atoms. The van der Waals surface area contributed by atoms with E-state index in [1.807, 2.05) is 6.07 Å². The van der Waals surface area contributed by atoms with E-state index >= 15 is 0 Å². The van der Waals surface area contributed by atoms with Gasteiger partial charge in [-0.1, -0.05) is 105 Å². The van der Waals surface area contributed by atoms with Gasteiger partial charge in [-0.05, 0) is 29.4 Å². The van der Waals surface area contributed by atoms with Crippen LogP contribution >= 0.6 is 17.0 Å². The van der Waals surface area contributed by atoms with Crippen LogP contribution in [0.2, 0.25) is 0 Å². The van der Waals surface area contributed by atoms with E-state index in [9.17, 15) is 0 Å². The molecule has 0 saturated heterocycles. The van der Waals surface area contributed by atoms with Gasteiger partial charge in [0.25, 0.3) is 0 Å². The maximum atomic E-state index is 4.93. The summed E-state index contributed by atoms with van der Waals surface area (Å²) in [4.78, 5) is 0. The minimum absolute atomic E-state index is 0.525. The van der Waals surface area contributed by atoms with E-state index < -0.39 is 20.8 Å². The second-order valence-corrected chi connectivity index (χ2v) is 15.4. The zero-order valence-electron chi connectivity index (χ0n) is 23.3. The van der Waals surface area contributed by atoms with Crippen molar-refractivity contribution in [3.05, 3.63) is 114 Å². The van der Waals surface area contributed by atoms with Crippen molar-refractivity contribution in [2.75, 3.05) is 0 Å². The van der Waals surface area contributed by atoms with Gasteiger partial charge in [-0.2, -0.15) is 35.5 Å². The Balaban J connectivity index is 0.000000184. The van der Waals surface area contributed by atoms with Crippen LogP contribution in [-0.4, -0.2) is 9.52 Å². The van der Waals surface area contributed by atoms with Crippen LogP contribution in [0, 0.1) is 6.07 Å². The molecule has 1 heterocycles. The maximum absolute atomic E-state index is 4.93. The van der Waals surface area contributed by atoms with E-state index in [1.54, 1.807) is 0 Å². The average molecular weight is 645 g/mol. The first-order valence-corrected chi connectivity index (χ1v) is 20.9. The monoisotopic (exact) mass is 642 g/mol. The van der Waals surface area contributed by atoms with E-state index in [-0.39, 0.29) is 0 Å². The van der Waals surface area contributed by atoms with Crippen molar-refractivity contribution in [1.29, 1.82) is 0 Å². The molecule has 0 unspecified atom stereocenters. The zero-order valence-corrected chi connectivity index (χ0v) is 28.2. The Hall–Kier alpha value is -1.83. The summed E-state index contributed by atoms with van der Waals surface area (Å²) in [5.41, 5.74) is 9.96. The fourth-order valence-corrected chi connectivity index (χ4v) is 6.55. The third kappa shape index (κ3) is 6.91. The molecule has 1 aliphatic heterocycles. The number of fused-ring (bicyclic) bond motifs is 4. The van der Waals surface area contributed by atoms with Gasteiger partial charge in [0.05, 0.1) is 9.52 Å². The largest absolute Gasteiger partial charge is 0.184 e. The summed E-state index contributed by atoms with van der Waals surface area (Å²) in [6.07, 6.45) is 1.07. The van der Waals surface area contributed by atoms with Crippen LogP contribution in [0.5, 0.6) is 0 Å². The smallest absolute Gasteiger partial charge is 0.0920 e. The quantitative estimate of drug-likeness (QED) is 0.132. The molecular weight excluding hydrogens is 611 g/mol. The standard InChI is InChI=1S/C23H27.C12H7Si.2ClH.Zr/c1-6-17-9-7-8-10-21(17)23-20(16(4)5)12-11-18-13-19(15(2)3)14-22(18)23;1-3-7-11-9(5-1)10-6-2-4-8-12(10)13-11;;;/h7-16H,6H2,1-5H3;1-7H;2*1H;/q2*-1;;;+4/p-2. The Morgan fingerprint density at radius 1 is 0.821 bits per heavy atom. The SMILES string of the molecule is CCc1ccccc1-c1c(C(C)C)ccc2[cH-]c(C(C)C)cc12.[Cl][Zr+2][Cl].[c-]1cccc2c1[Si]c1ccccc1-2. The molecule has 0 N–H and O–H groups in total. The fraction of sp³-hybridized carbons (Fsp3) is 0.229. The molecule has 196 valence electrons. The Morgan fingerprint density at radius 3 is 2.18 bits per heavy atom. The van der Waals surface area contributed by atoms with Gasteiger partial charge in [-0.3, -0.25) is 0 Å². The normalized spacial score (nSPS) is 11.3. The first-order valence-electron chi connectivity index (χ1n) is 13.5. The molecule has 6 rings (SSSR count). The molecule has 0 saturated carbocycles. The summed E-state index contributed by atoms with van der Waals surface area (Å²) in [7, 11) is 10.7. The Bertz CT molecular complexity index is 1490. The molecule has 5 aromatic rings. The van der Waals surface area contributed by atoms with E-state index in [2.05, 4.69) is 126 Å². The summed E-state index contributed by atoms with van der Waals surface area (Å²) in [6, 6.07) is 36.5. The third-order valence-electron chi connectivity index (χ3n) is 7.23.